The molecule has 0 aromatic heterocycles. The predicted molar refractivity (Wildman–Crippen MR) is 63.8 cm³/mol. The van der Waals surface area contributed by atoms with Crippen molar-refractivity contribution in [2.75, 3.05) is 11.5 Å². The molecule has 1 rings (SSSR count). The van der Waals surface area contributed by atoms with Crippen LogP contribution in [0.1, 0.15) is 40.0 Å². The molecule has 1 aliphatic rings. The summed E-state index contributed by atoms with van der Waals surface area (Å²) in [7, 11) is 0. The molecule has 84 valence electrons. The van der Waals surface area contributed by atoms with E-state index in [-0.39, 0.29) is 5.60 Å². The fourth-order valence-corrected chi connectivity index (χ4v) is 2.88. The number of hydrogen-bond donors (Lipinski definition) is 1. The molecule has 3 heteroatoms. The first-order chi connectivity index (χ1) is 6.49. The summed E-state index contributed by atoms with van der Waals surface area (Å²) in [6.07, 6.45) is 4.01. The molecule has 0 bridgehead atoms. The van der Waals surface area contributed by atoms with Gasteiger partial charge in [0, 0.05) is 11.8 Å². The highest BCUT2D eigenvalue weighted by Crippen LogP contribution is 2.30. The molecule has 0 aromatic carbocycles. The Hall–Kier alpha value is 0.270. The highest BCUT2D eigenvalue weighted by molar-refractivity contribution is 7.99. The van der Waals surface area contributed by atoms with Crippen LogP contribution in [0.3, 0.4) is 0 Å². The number of hydrogen-bond acceptors (Lipinski definition) is 3. The lowest BCUT2D eigenvalue weighted by atomic mass is 10.1. The Morgan fingerprint density at radius 3 is 2.79 bits per heavy atom. The Bertz CT molecular complexity index is 171. The highest BCUT2D eigenvalue weighted by Gasteiger charge is 2.31. The summed E-state index contributed by atoms with van der Waals surface area (Å²) < 4.78 is 5.90. The van der Waals surface area contributed by atoms with Crippen LogP contribution in [-0.4, -0.2) is 29.3 Å². The highest BCUT2D eigenvalue weighted by atomic mass is 32.2. The van der Waals surface area contributed by atoms with E-state index in [9.17, 15) is 0 Å². The molecule has 1 aliphatic heterocycles. The summed E-state index contributed by atoms with van der Waals surface area (Å²) in [6.45, 7) is 6.43. The SMILES string of the molecule is CC(N)CCSCC1CCC(C)(C)O1. The normalized spacial score (nSPS) is 27.9. The molecule has 0 radical (unpaired) electrons. The third kappa shape index (κ3) is 4.67. The van der Waals surface area contributed by atoms with Gasteiger partial charge in [0.25, 0.3) is 0 Å². The molecule has 0 saturated carbocycles. The standard InChI is InChI=1S/C11H23NOS/c1-9(12)5-7-14-8-10-4-6-11(2,3)13-10/h9-10H,4-8,12H2,1-3H3. The minimum absolute atomic E-state index is 0.117. The van der Waals surface area contributed by atoms with Crippen LogP contribution in [0, 0.1) is 0 Å². The lowest BCUT2D eigenvalue weighted by molar-refractivity contribution is -0.00466. The second-order valence-electron chi connectivity index (χ2n) is 4.88. The van der Waals surface area contributed by atoms with Crippen molar-refractivity contribution in [3.05, 3.63) is 0 Å². The van der Waals surface area contributed by atoms with Gasteiger partial charge in [0.05, 0.1) is 11.7 Å². The van der Waals surface area contributed by atoms with Crippen LogP contribution in [-0.2, 0) is 4.74 Å². The zero-order valence-electron chi connectivity index (χ0n) is 9.58. The topological polar surface area (TPSA) is 35.2 Å². The first-order valence-electron chi connectivity index (χ1n) is 5.51. The van der Waals surface area contributed by atoms with E-state index in [1.54, 1.807) is 0 Å². The summed E-state index contributed by atoms with van der Waals surface area (Å²) in [5, 5.41) is 0. The smallest absolute Gasteiger partial charge is 0.0673 e. The van der Waals surface area contributed by atoms with Crippen LogP contribution in [0.5, 0.6) is 0 Å². The molecule has 0 amide bonds. The van der Waals surface area contributed by atoms with E-state index in [2.05, 4.69) is 20.8 Å². The van der Waals surface area contributed by atoms with Crippen molar-refractivity contribution in [1.82, 2.24) is 0 Å². The second kappa shape index (κ2) is 5.38. The molecule has 0 aromatic rings. The van der Waals surface area contributed by atoms with Crippen LogP contribution in [0.25, 0.3) is 0 Å². The number of ether oxygens (including phenoxy) is 1. The monoisotopic (exact) mass is 217 g/mol. The maximum absolute atomic E-state index is 5.90. The minimum Gasteiger partial charge on any atom is -0.371 e. The van der Waals surface area contributed by atoms with Gasteiger partial charge in [-0.1, -0.05) is 0 Å². The van der Waals surface area contributed by atoms with Gasteiger partial charge in [0.2, 0.25) is 0 Å². The summed E-state index contributed by atoms with van der Waals surface area (Å²) in [6, 6.07) is 0.337. The van der Waals surface area contributed by atoms with Crippen molar-refractivity contribution >= 4 is 11.8 Å². The molecule has 2 nitrogen and oxygen atoms in total. The average molecular weight is 217 g/mol. The van der Waals surface area contributed by atoms with Crippen molar-refractivity contribution in [2.24, 2.45) is 5.73 Å². The van der Waals surface area contributed by atoms with E-state index >= 15 is 0 Å². The molecule has 2 N–H and O–H groups in total. The first-order valence-corrected chi connectivity index (χ1v) is 6.66. The molecule has 0 aliphatic carbocycles. The maximum atomic E-state index is 5.90. The van der Waals surface area contributed by atoms with Gasteiger partial charge >= 0.3 is 0 Å². The van der Waals surface area contributed by atoms with Crippen molar-refractivity contribution in [3.8, 4) is 0 Å². The van der Waals surface area contributed by atoms with E-state index in [4.69, 9.17) is 10.5 Å². The second-order valence-corrected chi connectivity index (χ2v) is 6.03. The number of rotatable bonds is 5. The summed E-state index contributed by atoms with van der Waals surface area (Å²) >= 11 is 1.97. The Morgan fingerprint density at radius 1 is 1.57 bits per heavy atom. The van der Waals surface area contributed by atoms with E-state index in [1.807, 2.05) is 11.8 Å². The Morgan fingerprint density at radius 2 is 2.29 bits per heavy atom. The lowest BCUT2D eigenvalue weighted by Crippen LogP contribution is -2.21. The average Bonchev–Trinajstić information content (AvgIpc) is 2.39. The predicted octanol–water partition coefficient (Wildman–Crippen LogP) is 2.41. The van der Waals surface area contributed by atoms with Crippen molar-refractivity contribution in [2.45, 2.75) is 57.8 Å². The fourth-order valence-electron chi connectivity index (χ4n) is 1.68. The Balaban J connectivity index is 2.03. The maximum Gasteiger partial charge on any atom is 0.0673 e. The molecule has 14 heavy (non-hydrogen) atoms. The van der Waals surface area contributed by atoms with Crippen molar-refractivity contribution < 1.29 is 4.74 Å². The van der Waals surface area contributed by atoms with Crippen molar-refractivity contribution in [3.63, 3.8) is 0 Å². The lowest BCUT2D eigenvalue weighted by Gasteiger charge is -2.19. The third-order valence-corrected chi connectivity index (χ3v) is 3.71. The van der Waals surface area contributed by atoms with Gasteiger partial charge in [-0.05, 0) is 45.8 Å². The molecule has 1 fully saturated rings. The first kappa shape index (κ1) is 12.3. The molecule has 2 atom stereocenters. The van der Waals surface area contributed by atoms with E-state index in [1.165, 1.54) is 12.8 Å². The van der Waals surface area contributed by atoms with Crippen LogP contribution < -0.4 is 5.73 Å². The fraction of sp³-hybridized carbons (Fsp3) is 1.00. The van der Waals surface area contributed by atoms with Crippen LogP contribution in [0.2, 0.25) is 0 Å². The third-order valence-electron chi connectivity index (χ3n) is 2.58. The van der Waals surface area contributed by atoms with Gasteiger partial charge in [0.15, 0.2) is 0 Å². The Kier molecular flexibility index (Phi) is 4.74. The number of nitrogens with two attached hydrogens (primary N) is 1. The molecular formula is C11H23NOS. The van der Waals surface area contributed by atoms with Gasteiger partial charge in [0.1, 0.15) is 0 Å². The number of thioether (sulfide) groups is 1. The molecule has 0 spiro atoms. The molecule has 2 unspecified atom stereocenters. The quantitative estimate of drug-likeness (QED) is 0.718. The van der Waals surface area contributed by atoms with E-state index < -0.39 is 0 Å². The summed E-state index contributed by atoms with van der Waals surface area (Å²) in [4.78, 5) is 0. The Labute approximate surface area is 92.0 Å². The molecule has 1 heterocycles. The van der Waals surface area contributed by atoms with E-state index in [0.29, 0.717) is 12.1 Å². The molecular weight excluding hydrogens is 194 g/mol. The van der Waals surface area contributed by atoms with Gasteiger partial charge < -0.3 is 10.5 Å². The largest absolute Gasteiger partial charge is 0.371 e. The van der Waals surface area contributed by atoms with Crippen LogP contribution in [0.15, 0.2) is 0 Å². The van der Waals surface area contributed by atoms with Gasteiger partial charge in [-0.3, -0.25) is 0 Å². The van der Waals surface area contributed by atoms with Crippen molar-refractivity contribution in [1.29, 1.82) is 0 Å². The summed E-state index contributed by atoms with van der Waals surface area (Å²) in [5.41, 5.74) is 5.80. The zero-order chi connectivity index (χ0) is 10.6. The molecule has 1 saturated heterocycles. The summed E-state index contributed by atoms with van der Waals surface area (Å²) in [5.74, 6) is 2.30. The zero-order valence-corrected chi connectivity index (χ0v) is 10.4. The van der Waals surface area contributed by atoms with Gasteiger partial charge in [-0.2, -0.15) is 11.8 Å². The van der Waals surface area contributed by atoms with Crippen LogP contribution in [0.4, 0.5) is 0 Å². The van der Waals surface area contributed by atoms with E-state index in [0.717, 1.165) is 17.9 Å². The van der Waals surface area contributed by atoms with Gasteiger partial charge in [-0.25, -0.2) is 0 Å². The van der Waals surface area contributed by atoms with Crippen LogP contribution >= 0.6 is 11.8 Å². The minimum atomic E-state index is 0.117. The van der Waals surface area contributed by atoms with Gasteiger partial charge in [-0.15, -0.1) is 0 Å².